The maximum atomic E-state index is 12.6. The van der Waals surface area contributed by atoms with Gasteiger partial charge in [-0.1, -0.05) is 0 Å². The highest BCUT2D eigenvalue weighted by molar-refractivity contribution is 5.98. The van der Waals surface area contributed by atoms with Crippen LogP contribution < -0.4 is 5.32 Å². The number of rotatable bonds is 4. The minimum atomic E-state index is -0.136. The lowest BCUT2D eigenvalue weighted by atomic mass is 10.1. The largest absolute Gasteiger partial charge is 0.345 e. The molecule has 0 aliphatic rings. The Balaban J connectivity index is 1.89. The molecule has 0 saturated heterocycles. The summed E-state index contributed by atoms with van der Waals surface area (Å²) in [5.74, 6) is -0.136. The number of hydrogen-bond donors (Lipinski definition) is 1. The number of aryl methyl sites for hydroxylation is 1. The van der Waals surface area contributed by atoms with Gasteiger partial charge < -0.3 is 5.32 Å². The highest BCUT2D eigenvalue weighted by atomic mass is 16.1. The third-order valence-corrected chi connectivity index (χ3v) is 4.05. The number of pyridine rings is 2. The van der Waals surface area contributed by atoms with Crippen molar-refractivity contribution in [1.82, 2.24) is 25.1 Å². The van der Waals surface area contributed by atoms with Crippen molar-refractivity contribution in [2.45, 2.75) is 39.8 Å². The lowest BCUT2D eigenvalue weighted by molar-refractivity contribution is 0.0939. The Kier molecular flexibility index (Phi) is 4.29. The van der Waals surface area contributed by atoms with E-state index in [-0.39, 0.29) is 18.0 Å². The van der Waals surface area contributed by atoms with Crippen molar-refractivity contribution in [1.29, 1.82) is 0 Å². The predicted octanol–water partition coefficient (Wildman–Crippen LogP) is 3.21. The van der Waals surface area contributed by atoms with Gasteiger partial charge in [0.2, 0.25) is 0 Å². The molecular formula is C18H21N5O. The second kappa shape index (κ2) is 6.39. The molecule has 1 unspecified atom stereocenters. The van der Waals surface area contributed by atoms with Crippen LogP contribution in [0.3, 0.4) is 0 Å². The number of carbonyl (C=O) groups is 1. The number of nitrogens with zero attached hydrogens (tertiary/aromatic N) is 4. The Morgan fingerprint density at radius 3 is 2.58 bits per heavy atom. The van der Waals surface area contributed by atoms with E-state index in [1.165, 1.54) is 0 Å². The van der Waals surface area contributed by atoms with Crippen LogP contribution in [0.25, 0.3) is 11.0 Å². The van der Waals surface area contributed by atoms with Gasteiger partial charge in [-0.15, -0.1) is 0 Å². The van der Waals surface area contributed by atoms with Gasteiger partial charge in [0.05, 0.1) is 23.5 Å². The molecule has 3 heterocycles. The van der Waals surface area contributed by atoms with Crippen molar-refractivity contribution in [2.75, 3.05) is 0 Å². The van der Waals surface area contributed by atoms with Gasteiger partial charge in [-0.3, -0.25) is 9.78 Å². The normalized spacial score (nSPS) is 12.5. The summed E-state index contributed by atoms with van der Waals surface area (Å²) in [5.41, 5.74) is 3.09. The third-order valence-electron chi connectivity index (χ3n) is 4.05. The fraction of sp³-hybridized carbons (Fsp3) is 0.333. The standard InChI is InChI=1S/C18H21N5O/c1-11(2)23-17-15(10-20-23)9-16(13(4)21-17)18(24)22-12(3)14-5-7-19-8-6-14/h5-12H,1-4H3,(H,22,24). The fourth-order valence-corrected chi connectivity index (χ4v) is 2.68. The molecule has 0 fully saturated rings. The van der Waals surface area contributed by atoms with Crippen molar-refractivity contribution in [2.24, 2.45) is 0 Å². The van der Waals surface area contributed by atoms with Crippen molar-refractivity contribution in [3.63, 3.8) is 0 Å². The molecule has 0 aliphatic heterocycles. The summed E-state index contributed by atoms with van der Waals surface area (Å²) < 4.78 is 1.86. The van der Waals surface area contributed by atoms with Crippen molar-refractivity contribution in [3.8, 4) is 0 Å². The Labute approximate surface area is 140 Å². The quantitative estimate of drug-likeness (QED) is 0.800. The SMILES string of the molecule is Cc1nc2c(cnn2C(C)C)cc1C(=O)NC(C)c1ccncc1. The van der Waals surface area contributed by atoms with E-state index in [4.69, 9.17) is 0 Å². The van der Waals surface area contributed by atoms with Crippen molar-refractivity contribution in [3.05, 3.63) is 53.6 Å². The summed E-state index contributed by atoms with van der Waals surface area (Å²) >= 11 is 0. The molecule has 0 radical (unpaired) electrons. The van der Waals surface area contributed by atoms with Gasteiger partial charge >= 0.3 is 0 Å². The van der Waals surface area contributed by atoms with Gasteiger partial charge in [-0.05, 0) is 51.5 Å². The highest BCUT2D eigenvalue weighted by Gasteiger charge is 2.17. The lowest BCUT2D eigenvalue weighted by Gasteiger charge is -2.15. The number of amides is 1. The van der Waals surface area contributed by atoms with Crippen molar-refractivity contribution >= 4 is 16.9 Å². The highest BCUT2D eigenvalue weighted by Crippen LogP contribution is 2.20. The lowest BCUT2D eigenvalue weighted by Crippen LogP contribution is -2.27. The van der Waals surface area contributed by atoms with Crippen LogP contribution in [0.5, 0.6) is 0 Å². The average Bonchev–Trinajstić information content (AvgIpc) is 2.97. The van der Waals surface area contributed by atoms with Crippen LogP contribution in [0.1, 0.15) is 54.5 Å². The summed E-state index contributed by atoms with van der Waals surface area (Å²) in [6, 6.07) is 5.77. The number of carbonyl (C=O) groups excluding carboxylic acids is 1. The summed E-state index contributed by atoms with van der Waals surface area (Å²) in [4.78, 5) is 21.2. The minimum absolute atomic E-state index is 0.103. The molecule has 1 amide bonds. The molecule has 3 aromatic rings. The first-order valence-corrected chi connectivity index (χ1v) is 8.03. The molecule has 0 aromatic carbocycles. The summed E-state index contributed by atoms with van der Waals surface area (Å²) in [7, 11) is 0. The maximum Gasteiger partial charge on any atom is 0.253 e. The second-order valence-corrected chi connectivity index (χ2v) is 6.19. The van der Waals surface area contributed by atoms with E-state index in [0.29, 0.717) is 11.3 Å². The van der Waals surface area contributed by atoms with Gasteiger partial charge in [0.1, 0.15) is 0 Å². The molecule has 24 heavy (non-hydrogen) atoms. The molecular weight excluding hydrogens is 302 g/mol. The molecule has 124 valence electrons. The van der Waals surface area contributed by atoms with Gasteiger partial charge in [0.15, 0.2) is 5.65 Å². The number of fused-ring (bicyclic) bond motifs is 1. The summed E-state index contributed by atoms with van der Waals surface area (Å²) in [6.45, 7) is 7.91. The molecule has 0 spiro atoms. The smallest absolute Gasteiger partial charge is 0.253 e. The first kappa shape index (κ1) is 16.1. The van der Waals surface area contributed by atoms with E-state index >= 15 is 0 Å². The van der Waals surface area contributed by atoms with Gasteiger partial charge in [0.25, 0.3) is 5.91 Å². The first-order valence-electron chi connectivity index (χ1n) is 8.03. The molecule has 6 nitrogen and oxygen atoms in total. The Bertz CT molecular complexity index is 870. The number of aromatic nitrogens is 4. The van der Waals surface area contributed by atoms with Crippen LogP contribution in [-0.2, 0) is 0 Å². The van der Waals surface area contributed by atoms with Crippen LogP contribution in [0.15, 0.2) is 36.8 Å². The first-order chi connectivity index (χ1) is 11.5. The van der Waals surface area contributed by atoms with Gasteiger partial charge in [-0.25, -0.2) is 9.67 Å². The van der Waals surface area contributed by atoms with E-state index in [9.17, 15) is 4.79 Å². The zero-order valence-electron chi connectivity index (χ0n) is 14.3. The van der Waals surface area contributed by atoms with Crippen LogP contribution in [0.2, 0.25) is 0 Å². The predicted molar refractivity (Wildman–Crippen MR) is 92.8 cm³/mol. The zero-order chi connectivity index (χ0) is 17.3. The van der Waals surface area contributed by atoms with E-state index in [2.05, 4.69) is 34.2 Å². The average molecular weight is 323 g/mol. The van der Waals surface area contributed by atoms with Gasteiger partial charge in [0, 0.05) is 23.8 Å². The Morgan fingerprint density at radius 1 is 1.21 bits per heavy atom. The molecule has 1 N–H and O–H groups in total. The van der Waals surface area contributed by atoms with Crippen LogP contribution >= 0.6 is 0 Å². The van der Waals surface area contributed by atoms with Crippen LogP contribution in [0, 0.1) is 6.92 Å². The summed E-state index contributed by atoms with van der Waals surface area (Å²) in [5, 5.41) is 8.25. The van der Waals surface area contributed by atoms with Crippen molar-refractivity contribution < 1.29 is 4.79 Å². The Morgan fingerprint density at radius 2 is 1.92 bits per heavy atom. The topological polar surface area (TPSA) is 72.7 Å². The molecule has 0 bridgehead atoms. The number of nitrogens with one attached hydrogen (secondary N) is 1. The second-order valence-electron chi connectivity index (χ2n) is 6.19. The van der Waals surface area contributed by atoms with E-state index < -0.39 is 0 Å². The van der Waals surface area contributed by atoms with E-state index in [0.717, 1.165) is 16.6 Å². The van der Waals surface area contributed by atoms with Gasteiger partial charge in [-0.2, -0.15) is 5.10 Å². The zero-order valence-corrected chi connectivity index (χ0v) is 14.3. The minimum Gasteiger partial charge on any atom is -0.345 e. The molecule has 1 atom stereocenters. The maximum absolute atomic E-state index is 12.6. The summed E-state index contributed by atoms with van der Waals surface area (Å²) in [6.07, 6.45) is 5.19. The molecule has 0 aliphatic carbocycles. The molecule has 6 heteroatoms. The molecule has 3 aromatic heterocycles. The molecule has 0 saturated carbocycles. The molecule has 3 rings (SSSR count). The van der Waals surface area contributed by atoms with Crippen LogP contribution in [0.4, 0.5) is 0 Å². The van der Waals surface area contributed by atoms with E-state index in [1.807, 2.05) is 36.7 Å². The number of hydrogen-bond acceptors (Lipinski definition) is 4. The monoisotopic (exact) mass is 323 g/mol. The van der Waals surface area contributed by atoms with E-state index in [1.54, 1.807) is 18.6 Å². The Hall–Kier alpha value is -2.76. The van der Waals surface area contributed by atoms with Crippen LogP contribution in [-0.4, -0.2) is 25.7 Å². The fourth-order valence-electron chi connectivity index (χ4n) is 2.68. The third kappa shape index (κ3) is 2.99.